The van der Waals surface area contributed by atoms with Crippen molar-refractivity contribution in [3.63, 3.8) is 0 Å². The van der Waals surface area contributed by atoms with Gasteiger partial charge in [-0.2, -0.15) is 5.10 Å². The molecule has 1 aromatic heterocycles. The van der Waals surface area contributed by atoms with Crippen molar-refractivity contribution in [1.82, 2.24) is 15.5 Å². The summed E-state index contributed by atoms with van der Waals surface area (Å²) in [6, 6.07) is -0.239. The lowest BCUT2D eigenvalue weighted by atomic mass is 10.2. The molecule has 6 heteroatoms. The fourth-order valence-corrected chi connectivity index (χ4v) is 1.02. The number of rotatable bonds is 4. The van der Waals surface area contributed by atoms with Crippen LogP contribution in [0.25, 0.3) is 0 Å². The number of H-pyrrole nitrogens is 1. The highest BCUT2D eigenvalue weighted by Crippen LogP contribution is 2.05. The third-order valence-corrected chi connectivity index (χ3v) is 1.96. The molecule has 5 N–H and O–H groups in total. The van der Waals surface area contributed by atoms with Gasteiger partial charge in [-0.15, -0.1) is 0 Å². The number of aliphatic hydroxyl groups is 1. The molecular formula is C8H14N4O2. The van der Waals surface area contributed by atoms with Crippen molar-refractivity contribution in [2.45, 2.75) is 19.4 Å². The van der Waals surface area contributed by atoms with Crippen molar-refractivity contribution in [1.29, 1.82) is 0 Å². The highest BCUT2D eigenvalue weighted by molar-refractivity contribution is 5.98. The summed E-state index contributed by atoms with van der Waals surface area (Å²) in [7, 11) is 0. The zero-order chi connectivity index (χ0) is 10.6. The van der Waals surface area contributed by atoms with E-state index in [1.807, 2.05) is 6.92 Å². The summed E-state index contributed by atoms with van der Waals surface area (Å²) in [5.41, 5.74) is 5.76. The standard InChI is InChI=1S/C8H14N4O2/c1-2-5(4-13)11-8(14)6-3-10-12-7(6)9/h3,5,13H,2,4H2,1H3,(H,11,14)(H3,9,10,12). The SMILES string of the molecule is CCC(CO)NC(=O)c1cn[nH]c1N. The molecule has 14 heavy (non-hydrogen) atoms. The predicted octanol–water partition coefficient (Wildman–Crippen LogP) is -0.507. The van der Waals surface area contributed by atoms with Crippen LogP contribution in [0.5, 0.6) is 0 Å². The van der Waals surface area contributed by atoms with Gasteiger partial charge in [0.05, 0.1) is 18.8 Å². The molecule has 0 spiro atoms. The van der Waals surface area contributed by atoms with Crippen molar-refractivity contribution in [2.24, 2.45) is 0 Å². The van der Waals surface area contributed by atoms with Crippen molar-refractivity contribution < 1.29 is 9.90 Å². The quantitative estimate of drug-likeness (QED) is 0.523. The summed E-state index contributed by atoms with van der Waals surface area (Å²) >= 11 is 0. The van der Waals surface area contributed by atoms with Gasteiger partial charge >= 0.3 is 0 Å². The number of hydrogen-bond donors (Lipinski definition) is 4. The van der Waals surface area contributed by atoms with Crippen molar-refractivity contribution >= 4 is 11.7 Å². The minimum absolute atomic E-state index is 0.0833. The number of nitrogen functional groups attached to an aromatic ring is 1. The number of amides is 1. The minimum Gasteiger partial charge on any atom is -0.394 e. The number of nitrogens with two attached hydrogens (primary N) is 1. The first-order valence-corrected chi connectivity index (χ1v) is 4.39. The topological polar surface area (TPSA) is 104 Å². The normalized spacial score (nSPS) is 12.4. The molecule has 0 saturated heterocycles. The van der Waals surface area contributed by atoms with Gasteiger partial charge in [0.1, 0.15) is 11.4 Å². The van der Waals surface area contributed by atoms with Gasteiger partial charge in [0.2, 0.25) is 0 Å². The van der Waals surface area contributed by atoms with Crippen molar-refractivity contribution in [2.75, 3.05) is 12.3 Å². The summed E-state index contributed by atoms with van der Waals surface area (Å²) in [5.74, 6) is -0.0903. The molecule has 1 unspecified atom stereocenters. The average molecular weight is 198 g/mol. The van der Waals surface area contributed by atoms with Crippen LogP contribution in [0.3, 0.4) is 0 Å². The number of hydrogen-bond acceptors (Lipinski definition) is 4. The van der Waals surface area contributed by atoms with E-state index in [0.29, 0.717) is 12.0 Å². The second-order valence-electron chi connectivity index (χ2n) is 2.96. The molecule has 0 radical (unpaired) electrons. The highest BCUT2D eigenvalue weighted by atomic mass is 16.3. The first kappa shape index (κ1) is 10.5. The molecule has 0 aliphatic heterocycles. The molecule has 0 aromatic carbocycles. The van der Waals surface area contributed by atoms with Crippen LogP contribution in [0.1, 0.15) is 23.7 Å². The molecule has 1 amide bonds. The Morgan fingerprint density at radius 3 is 3.00 bits per heavy atom. The van der Waals surface area contributed by atoms with Crippen LogP contribution in [0.2, 0.25) is 0 Å². The Kier molecular flexibility index (Phi) is 3.47. The first-order chi connectivity index (χ1) is 6.69. The summed E-state index contributed by atoms with van der Waals surface area (Å²) in [5, 5.41) is 17.6. The van der Waals surface area contributed by atoms with Crippen LogP contribution in [0.15, 0.2) is 6.20 Å². The van der Waals surface area contributed by atoms with Crippen molar-refractivity contribution in [3.8, 4) is 0 Å². The Morgan fingerprint density at radius 1 is 1.86 bits per heavy atom. The smallest absolute Gasteiger partial charge is 0.256 e. The maximum atomic E-state index is 11.5. The molecule has 1 rings (SSSR count). The second kappa shape index (κ2) is 4.61. The van der Waals surface area contributed by atoms with E-state index in [-0.39, 0.29) is 24.4 Å². The van der Waals surface area contributed by atoms with Gasteiger partial charge in [0.25, 0.3) is 5.91 Å². The molecule has 0 aliphatic rings. The molecule has 0 bridgehead atoms. The van der Waals surface area contributed by atoms with E-state index >= 15 is 0 Å². The van der Waals surface area contributed by atoms with Gasteiger partial charge in [-0.25, -0.2) is 0 Å². The zero-order valence-electron chi connectivity index (χ0n) is 7.95. The van der Waals surface area contributed by atoms with E-state index in [2.05, 4.69) is 15.5 Å². The second-order valence-corrected chi connectivity index (χ2v) is 2.96. The Hall–Kier alpha value is -1.56. The van der Waals surface area contributed by atoms with E-state index in [1.54, 1.807) is 0 Å². The van der Waals surface area contributed by atoms with E-state index in [4.69, 9.17) is 10.8 Å². The number of nitrogens with zero attached hydrogens (tertiary/aromatic N) is 1. The lowest BCUT2D eigenvalue weighted by molar-refractivity contribution is 0.0916. The molecule has 6 nitrogen and oxygen atoms in total. The van der Waals surface area contributed by atoms with E-state index < -0.39 is 0 Å². The van der Waals surface area contributed by atoms with Crippen LogP contribution in [0, 0.1) is 0 Å². The monoisotopic (exact) mass is 198 g/mol. The van der Waals surface area contributed by atoms with Crippen LogP contribution in [-0.4, -0.2) is 33.9 Å². The largest absolute Gasteiger partial charge is 0.394 e. The summed E-state index contributed by atoms with van der Waals surface area (Å²) in [6.45, 7) is 1.79. The molecule has 1 aromatic rings. The molecular weight excluding hydrogens is 184 g/mol. The van der Waals surface area contributed by atoms with E-state index in [9.17, 15) is 4.79 Å². The van der Waals surface area contributed by atoms with Gasteiger partial charge in [-0.05, 0) is 6.42 Å². The number of carbonyl (C=O) groups is 1. The number of anilines is 1. The summed E-state index contributed by atoms with van der Waals surface area (Å²) in [6.07, 6.45) is 2.02. The minimum atomic E-state index is -0.322. The Bertz CT molecular complexity index is 306. The van der Waals surface area contributed by atoms with E-state index in [1.165, 1.54) is 6.20 Å². The first-order valence-electron chi connectivity index (χ1n) is 4.39. The number of nitrogens with one attached hydrogen (secondary N) is 2. The number of aromatic amines is 1. The fraction of sp³-hybridized carbons (Fsp3) is 0.500. The van der Waals surface area contributed by atoms with Gasteiger partial charge in [0, 0.05) is 0 Å². The van der Waals surface area contributed by atoms with E-state index in [0.717, 1.165) is 0 Å². The van der Waals surface area contributed by atoms with Crippen molar-refractivity contribution in [3.05, 3.63) is 11.8 Å². The molecule has 1 heterocycles. The third kappa shape index (κ3) is 2.23. The van der Waals surface area contributed by atoms with Crippen LogP contribution < -0.4 is 11.1 Å². The number of carbonyl (C=O) groups excluding carboxylic acids is 1. The zero-order valence-corrected chi connectivity index (χ0v) is 7.95. The summed E-state index contributed by atoms with van der Waals surface area (Å²) in [4.78, 5) is 11.5. The number of aliphatic hydroxyl groups excluding tert-OH is 1. The third-order valence-electron chi connectivity index (χ3n) is 1.96. The molecule has 78 valence electrons. The van der Waals surface area contributed by atoms with Crippen LogP contribution >= 0.6 is 0 Å². The Balaban J connectivity index is 2.63. The Labute approximate surface area is 81.5 Å². The predicted molar refractivity (Wildman–Crippen MR) is 51.6 cm³/mol. The Morgan fingerprint density at radius 2 is 2.57 bits per heavy atom. The lowest BCUT2D eigenvalue weighted by Crippen LogP contribution is -2.37. The molecule has 0 fully saturated rings. The fourth-order valence-electron chi connectivity index (χ4n) is 1.02. The average Bonchev–Trinajstić information content (AvgIpc) is 2.60. The molecule has 1 atom stereocenters. The number of aromatic nitrogens is 2. The van der Waals surface area contributed by atoms with Crippen LogP contribution in [-0.2, 0) is 0 Å². The van der Waals surface area contributed by atoms with Gasteiger partial charge in [-0.1, -0.05) is 6.92 Å². The molecule has 0 aliphatic carbocycles. The van der Waals surface area contributed by atoms with Gasteiger partial charge in [0.15, 0.2) is 0 Å². The molecule has 0 saturated carbocycles. The van der Waals surface area contributed by atoms with Gasteiger partial charge < -0.3 is 16.2 Å². The summed E-state index contributed by atoms with van der Waals surface area (Å²) < 4.78 is 0. The highest BCUT2D eigenvalue weighted by Gasteiger charge is 2.14. The maximum absolute atomic E-state index is 11.5. The lowest BCUT2D eigenvalue weighted by Gasteiger charge is -2.13. The maximum Gasteiger partial charge on any atom is 0.256 e. The van der Waals surface area contributed by atoms with Gasteiger partial charge in [-0.3, -0.25) is 9.89 Å². The van der Waals surface area contributed by atoms with Crippen LogP contribution in [0.4, 0.5) is 5.82 Å².